The highest BCUT2D eigenvalue weighted by molar-refractivity contribution is 5.91. The van der Waals surface area contributed by atoms with E-state index in [4.69, 9.17) is 14.6 Å². The van der Waals surface area contributed by atoms with Gasteiger partial charge in [0.1, 0.15) is 5.82 Å². The topological polar surface area (TPSA) is 80.7 Å². The quantitative estimate of drug-likeness (QED) is 0.844. The first-order valence-electron chi connectivity index (χ1n) is 6.34. The van der Waals surface area contributed by atoms with Crippen LogP contribution in [0.3, 0.4) is 0 Å². The van der Waals surface area contributed by atoms with Crippen molar-refractivity contribution in [2.75, 3.05) is 19.0 Å². The third kappa shape index (κ3) is 4.19. The van der Waals surface area contributed by atoms with Crippen molar-refractivity contribution >= 4 is 11.7 Å². The molecule has 0 fully saturated rings. The second kappa shape index (κ2) is 7.25. The number of hydrogen-bond donors (Lipinski definition) is 2. The number of amides is 1. The maximum absolute atomic E-state index is 11.8. The molecule has 2 N–H and O–H groups in total. The number of nitrogens with zero attached hydrogens (tertiary/aromatic N) is 1. The number of aliphatic hydroxyl groups is 1. The molecule has 0 spiro atoms. The molecular formula is C15H16N2O4. The fraction of sp³-hybridized carbons (Fsp3) is 0.200. The zero-order chi connectivity index (χ0) is 15.1. The van der Waals surface area contributed by atoms with Gasteiger partial charge in [0.25, 0.3) is 5.91 Å². The number of methoxy groups -OCH3 is 1. The van der Waals surface area contributed by atoms with Crippen LogP contribution in [0.15, 0.2) is 42.6 Å². The molecule has 0 aliphatic heterocycles. The van der Waals surface area contributed by atoms with Crippen LogP contribution in [0.1, 0.15) is 5.56 Å². The van der Waals surface area contributed by atoms with E-state index < -0.39 is 0 Å². The number of nitrogens with one attached hydrogen (secondary N) is 1. The van der Waals surface area contributed by atoms with Crippen molar-refractivity contribution in [1.29, 1.82) is 0 Å². The molecule has 0 unspecified atom stereocenters. The van der Waals surface area contributed by atoms with Crippen molar-refractivity contribution in [3.63, 3.8) is 0 Å². The first-order valence-corrected chi connectivity index (χ1v) is 6.34. The van der Waals surface area contributed by atoms with E-state index in [-0.39, 0.29) is 19.1 Å². The summed E-state index contributed by atoms with van der Waals surface area (Å²) in [4.78, 5) is 15.8. The van der Waals surface area contributed by atoms with E-state index in [1.54, 1.807) is 30.3 Å². The zero-order valence-electron chi connectivity index (χ0n) is 11.6. The number of benzene rings is 1. The van der Waals surface area contributed by atoms with Crippen LogP contribution in [0.5, 0.6) is 11.5 Å². The predicted molar refractivity (Wildman–Crippen MR) is 77.3 cm³/mol. The lowest BCUT2D eigenvalue weighted by Crippen LogP contribution is -2.21. The Morgan fingerprint density at radius 2 is 2.05 bits per heavy atom. The summed E-state index contributed by atoms with van der Waals surface area (Å²) in [5.41, 5.74) is 0.672. The Labute approximate surface area is 122 Å². The fourth-order valence-electron chi connectivity index (χ4n) is 1.70. The van der Waals surface area contributed by atoms with Gasteiger partial charge in [-0.25, -0.2) is 4.98 Å². The molecule has 1 heterocycles. The smallest absolute Gasteiger partial charge is 0.263 e. The zero-order valence-corrected chi connectivity index (χ0v) is 11.6. The molecule has 0 saturated heterocycles. The van der Waals surface area contributed by atoms with Crippen LogP contribution in [-0.2, 0) is 11.4 Å². The van der Waals surface area contributed by atoms with Crippen LogP contribution in [0, 0.1) is 0 Å². The maximum Gasteiger partial charge on any atom is 0.263 e. The van der Waals surface area contributed by atoms with Crippen molar-refractivity contribution in [3.8, 4) is 11.5 Å². The van der Waals surface area contributed by atoms with E-state index in [2.05, 4.69) is 10.3 Å². The number of pyridine rings is 1. The molecule has 6 nitrogen and oxygen atoms in total. The number of para-hydroxylation sites is 2. The van der Waals surface area contributed by atoms with Gasteiger partial charge in [-0.3, -0.25) is 4.79 Å². The SMILES string of the molecule is COc1ccccc1OCC(=O)Nc1cc(CO)ccn1. The third-order valence-electron chi connectivity index (χ3n) is 2.70. The molecule has 2 aromatic rings. The Morgan fingerprint density at radius 3 is 2.76 bits per heavy atom. The first-order chi connectivity index (χ1) is 10.2. The molecule has 1 aromatic carbocycles. The van der Waals surface area contributed by atoms with Crippen LogP contribution in [0.2, 0.25) is 0 Å². The summed E-state index contributed by atoms with van der Waals surface area (Å²) in [6.45, 7) is -0.269. The van der Waals surface area contributed by atoms with E-state index in [0.29, 0.717) is 22.9 Å². The molecule has 21 heavy (non-hydrogen) atoms. The molecule has 0 aliphatic rings. The minimum absolute atomic E-state index is 0.108. The number of aliphatic hydroxyl groups excluding tert-OH is 1. The van der Waals surface area contributed by atoms with Gasteiger partial charge in [0.15, 0.2) is 18.1 Å². The van der Waals surface area contributed by atoms with Crippen molar-refractivity contribution in [1.82, 2.24) is 4.98 Å². The molecule has 0 bridgehead atoms. The number of anilines is 1. The molecule has 6 heteroatoms. The van der Waals surface area contributed by atoms with Crippen molar-refractivity contribution in [2.24, 2.45) is 0 Å². The summed E-state index contributed by atoms with van der Waals surface area (Å²) < 4.78 is 10.5. The molecule has 0 atom stereocenters. The van der Waals surface area contributed by atoms with Crippen LogP contribution < -0.4 is 14.8 Å². The number of hydrogen-bond acceptors (Lipinski definition) is 5. The maximum atomic E-state index is 11.8. The van der Waals surface area contributed by atoms with Gasteiger partial charge in [-0.05, 0) is 29.8 Å². The Kier molecular flexibility index (Phi) is 5.11. The highest BCUT2D eigenvalue weighted by Gasteiger charge is 2.08. The lowest BCUT2D eigenvalue weighted by atomic mass is 10.3. The van der Waals surface area contributed by atoms with Gasteiger partial charge < -0.3 is 19.9 Å². The molecule has 0 aliphatic carbocycles. The predicted octanol–water partition coefficient (Wildman–Crippen LogP) is 1.60. The number of carbonyl (C=O) groups is 1. The highest BCUT2D eigenvalue weighted by atomic mass is 16.5. The Balaban J connectivity index is 1.92. The van der Waals surface area contributed by atoms with Crippen molar-refractivity contribution < 1.29 is 19.4 Å². The van der Waals surface area contributed by atoms with Crippen molar-refractivity contribution in [2.45, 2.75) is 6.61 Å². The Hall–Kier alpha value is -2.60. The average Bonchev–Trinajstić information content (AvgIpc) is 2.53. The van der Waals surface area contributed by atoms with Gasteiger partial charge in [-0.15, -0.1) is 0 Å². The molecular weight excluding hydrogens is 272 g/mol. The summed E-state index contributed by atoms with van der Waals surface area (Å²) in [7, 11) is 1.53. The second-order valence-corrected chi connectivity index (χ2v) is 4.20. The van der Waals surface area contributed by atoms with Gasteiger partial charge in [0.05, 0.1) is 13.7 Å². The molecule has 2 rings (SSSR count). The summed E-state index contributed by atoms with van der Waals surface area (Å²) in [5, 5.41) is 11.6. The summed E-state index contributed by atoms with van der Waals surface area (Å²) in [5.74, 6) is 1.08. The van der Waals surface area contributed by atoms with Gasteiger partial charge in [0.2, 0.25) is 0 Å². The van der Waals surface area contributed by atoms with Crippen LogP contribution in [0.4, 0.5) is 5.82 Å². The lowest BCUT2D eigenvalue weighted by molar-refractivity contribution is -0.118. The standard InChI is InChI=1S/C15H16N2O4/c1-20-12-4-2-3-5-13(12)21-10-15(19)17-14-8-11(9-18)6-7-16-14/h2-8,18H,9-10H2,1H3,(H,16,17,19). The monoisotopic (exact) mass is 288 g/mol. The number of ether oxygens (including phenoxy) is 2. The van der Waals surface area contributed by atoms with Gasteiger partial charge in [-0.1, -0.05) is 12.1 Å². The molecule has 110 valence electrons. The minimum atomic E-state index is -0.344. The van der Waals surface area contributed by atoms with E-state index in [0.717, 1.165) is 0 Å². The minimum Gasteiger partial charge on any atom is -0.493 e. The van der Waals surface area contributed by atoms with Gasteiger partial charge in [0, 0.05) is 6.20 Å². The summed E-state index contributed by atoms with van der Waals surface area (Å²) >= 11 is 0. The second-order valence-electron chi connectivity index (χ2n) is 4.20. The van der Waals surface area contributed by atoms with Gasteiger partial charge >= 0.3 is 0 Å². The fourth-order valence-corrected chi connectivity index (χ4v) is 1.70. The molecule has 1 aromatic heterocycles. The average molecular weight is 288 g/mol. The first kappa shape index (κ1) is 14.8. The molecule has 0 radical (unpaired) electrons. The van der Waals surface area contributed by atoms with Crippen LogP contribution >= 0.6 is 0 Å². The van der Waals surface area contributed by atoms with E-state index in [1.807, 2.05) is 6.07 Å². The van der Waals surface area contributed by atoms with E-state index in [1.165, 1.54) is 13.3 Å². The number of carbonyl (C=O) groups excluding carboxylic acids is 1. The normalized spacial score (nSPS) is 10.0. The number of rotatable bonds is 6. The summed E-state index contributed by atoms with van der Waals surface area (Å²) in [6, 6.07) is 10.3. The Bertz CT molecular complexity index is 616. The van der Waals surface area contributed by atoms with E-state index >= 15 is 0 Å². The lowest BCUT2D eigenvalue weighted by Gasteiger charge is -2.10. The molecule has 1 amide bonds. The van der Waals surface area contributed by atoms with E-state index in [9.17, 15) is 4.79 Å². The largest absolute Gasteiger partial charge is 0.493 e. The summed E-state index contributed by atoms with van der Waals surface area (Å²) in [6.07, 6.45) is 1.52. The third-order valence-corrected chi connectivity index (χ3v) is 2.70. The van der Waals surface area contributed by atoms with Crippen molar-refractivity contribution in [3.05, 3.63) is 48.2 Å². The van der Waals surface area contributed by atoms with Crippen LogP contribution in [-0.4, -0.2) is 29.7 Å². The highest BCUT2D eigenvalue weighted by Crippen LogP contribution is 2.25. The molecule has 0 saturated carbocycles. The van der Waals surface area contributed by atoms with Crippen LogP contribution in [0.25, 0.3) is 0 Å². The number of aromatic nitrogens is 1. The van der Waals surface area contributed by atoms with Gasteiger partial charge in [-0.2, -0.15) is 0 Å². The Morgan fingerprint density at radius 1 is 1.29 bits per heavy atom.